The number of nitrogens with zero attached hydrogens (tertiary/aromatic N) is 6. The monoisotopic (exact) mass is 456 g/mol. The summed E-state index contributed by atoms with van der Waals surface area (Å²) in [5.41, 5.74) is 1.07. The van der Waals surface area contributed by atoms with Gasteiger partial charge in [-0.2, -0.15) is 23.4 Å². The van der Waals surface area contributed by atoms with Gasteiger partial charge in [-0.05, 0) is 43.7 Å². The van der Waals surface area contributed by atoms with Gasteiger partial charge in [0.25, 0.3) is 0 Å². The number of hydrogen-bond donors (Lipinski definition) is 0. The minimum atomic E-state index is -4.36. The lowest BCUT2D eigenvalue weighted by molar-refractivity contribution is -0.137. The lowest BCUT2D eigenvalue weighted by Gasteiger charge is -2.43. The van der Waals surface area contributed by atoms with E-state index in [2.05, 4.69) is 14.9 Å². The van der Waals surface area contributed by atoms with Gasteiger partial charge in [-0.3, -0.25) is 9.47 Å². The number of piperazine rings is 1. The van der Waals surface area contributed by atoms with Gasteiger partial charge in [-0.15, -0.1) is 0 Å². The first-order chi connectivity index (χ1) is 15.6. The number of hydrogen-bond acceptors (Lipinski definition) is 6. The molecule has 33 heavy (non-hydrogen) atoms. The fraction of sp³-hybridized carbons (Fsp3) is 0.391. The van der Waals surface area contributed by atoms with E-state index >= 15 is 0 Å². The number of rotatable bonds is 3. The van der Waals surface area contributed by atoms with Crippen LogP contribution in [-0.4, -0.2) is 45.1 Å². The van der Waals surface area contributed by atoms with E-state index < -0.39 is 17.4 Å². The zero-order valence-electron chi connectivity index (χ0n) is 18.5. The molecule has 172 valence electrons. The molecule has 0 N–H and O–H groups in total. The molecule has 7 nitrogen and oxygen atoms in total. The van der Waals surface area contributed by atoms with Crippen molar-refractivity contribution >= 4 is 16.9 Å². The average molecular weight is 456 g/mol. The minimum Gasteiger partial charge on any atom is -0.352 e. The van der Waals surface area contributed by atoms with Gasteiger partial charge >= 0.3 is 11.9 Å². The molecule has 3 aromatic rings. The Kier molecular flexibility index (Phi) is 5.84. The van der Waals surface area contributed by atoms with Crippen LogP contribution >= 0.6 is 0 Å². The van der Waals surface area contributed by atoms with Crippen LogP contribution in [0.4, 0.5) is 19.0 Å². The van der Waals surface area contributed by atoms with E-state index in [0.717, 1.165) is 17.7 Å². The number of aryl methyl sites for hydroxylation is 1. The van der Waals surface area contributed by atoms with E-state index in [1.807, 2.05) is 24.8 Å². The van der Waals surface area contributed by atoms with E-state index in [-0.39, 0.29) is 17.8 Å². The van der Waals surface area contributed by atoms with Crippen LogP contribution in [0.1, 0.15) is 36.7 Å². The topological polar surface area (TPSA) is 78.0 Å². The summed E-state index contributed by atoms with van der Waals surface area (Å²) in [6.07, 6.45) is -4.36. The summed E-state index contributed by atoms with van der Waals surface area (Å²) in [7, 11) is 1.61. The Morgan fingerprint density at radius 2 is 1.82 bits per heavy atom. The summed E-state index contributed by atoms with van der Waals surface area (Å²) in [6.45, 7) is 5.74. The van der Waals surface area contributed by atoms with Crippen LogP contribution in [0.2, 0.25) is 0 Å². The Labute approximate surface area is 188 Å². The van der Waals surface area contributed by atoms with Crippen molar-refractivity contribution in [1.29, 1.82) is 5.26 Å². The van der Waals surface area contributed by atoms with Crippen molar-refractivity contribution in [2.45, 2.75) is 32.1 Å². The number of aromatic nitrogens is 3. The summed E-state index contributed by atoms with van der Waals surface area (Å²) in [5.74, 6) is 0.443. The second-order valence-corrected chi connectivity index (χ2v) is 8.28. The van der Waals surface area contributed by atoms with E-state index in [9.17, 15) is 23.2 Å². The van der Waals surface area contributed by atoms with Crippen LogP contribution in [0.25, 0.3) is 11.0 Å². The molecule has 2 atom stereocenters. The Bertz CT molecular complexity index is 1280. The van der Waals surface area contributed by atoms with Crippen LogP contribution in [0.3, 0.4) is 0 Å². The average Bonchev–Trinajstić information content (AvgIpc) is 2.80. The predicted molar refractivity (Wildman–Crippen MR) is 118 cm³/mol. The smallest absolute Gasteiger partial charge is 0.352 e. The summed E-state index contributed by atoms with van der Waals surface area (Å²) in [4.78, 5) is 25.3. The Morgan fingerprint density at radius 3 is 2.42 bits per heavy atom. The summed E-state index contributed by atoms with van der Waals surface area (Å²) in [5, 5.41) is 9.25. The van der Waals surface area contributed by atoms with Gasteiger partial charge in [-0.25, -0.2) is 9.78 Å². The molecule has 0 spiro atoms. The van der Waals surface area contributed by atoms with Gasteiger partial charge in [0.15, 0.2) is 5.82 Å². The maximum Gasteiger partial charge on any atom is 0.416 e. The third-order valence-corrected chi connectivity index (χ3v) is 6.25. The molecule has 1 saturated heterocycles. The highest BCUT2D eigenvalue weighted by atomic mass is 19.4. The molecule has 0 radical (unpaired) electrons. The number of anilines is 1. The van der Waals surface area contributed by atoms with Gasteiger partial charge in [0.05, 0.1) is 11.1 Å². The van der Waals surface area contributed by atoms with Crippen LogP contribution in [0.15, 0.2) is 41.2 Å². The molecule has 1 aliphatic rings. The van der Waals surface area contributed by atoms with Crippen LogP contribution in [0, 0.1) is 11.3 Å². The highest BCUT2D eigenvalue weighted by Gasteiger charge is 2.32. The maximum atomic E-state index is 12.9. The summed E-state index contributed by atoms with van der Waals surface area (Å²) in [6, 6.07) is 10.5. The van der Waals surface area contributed by atoms with Gasteiger partial charge < -0.3 is 4.90 Å². The quantitative estimate of drug-likeness (QED) is 0.601. The lowest BCUT2D eigenvalue weighted by Crippen LogP contribution is -2.53. The Morgan fingerprint density at radius 1 is 1.12 bits per heavy atom. The number of fused-ring (bicyclic) bond motifs is 1. The molecule has 0 saturated carbocycles. The van der Waals surface area contributed by atoms with Crippen molar-refractivity contribution < 1.29 is 13.2 Å². The molecule has 0 bridgehead atoms. The minimum absolute atomic E-state index is 0.0381. The molecule has 2 aromatic heterocycles. The fourth-order valence-electron chi connectivity index (χ4n) is 4.37. The van der Waals surface area contributed by atoms with Crippen molar-refractivity contribution in [3.05, 3.63) is 63.7 Å². The SMILES string of the molecule is CC1CN(c2nc(=O)n(C)c3ccc(C#N)nc23)CCN1C(C)c1ccc(C(F)(F)F)cc1. The number of halogens is 3. The third kappa shape index (κ3) is 4.28. The first-order valence-electron chi connectivity index (χ1n) is 10.6. The van der Waals surface area contributed by atoms with E-state index in [0.29, 0.717) is 36.5 Å². The Hall–Kier alpha value is -3.45. The van der Waals surface area contributed by atoms with Crippen LogP contribution < -0.4 is 10.6 Å². The summed E-state index contributed by atoms with van der Waals surface area (Å²) < 4.78 is 40.1. The number of pyridine rings is 1. The standard InChI is InChI=1S/C23H23F3N6O/c1-14-13-31(21-20-19(30(3)22(33)29-21)9-8-18(12-27)28-20)10-11-32(14)15(2)16-4-6-17(7-5-16)23(24,25)26/h4-9,14-15H,10-11,13H2,1-3H3. The molecule has 4 rings (SSSR count). The second-order valence-electron chi connectivity index (χ2n) is 8.28. The second kappa shape index (κ2) is 8.48. The van der Waals surface area contributed by atoms with Crippen LogP contribution in [0.5, 0.6) is 0 Å². The van der Waals surface area contributed by atoms with Crippen molar-refractivity contribution in [2.24, 2.45) is 7.05 Å². The van der Waals surface area contributed by atoms with Crippen molar-refractivity contribution in [1.82, 2.24) is 19.4 Å². The molecular formula is C23H23F3N6O. The normalized spacial score (nSPS) is 18.3. The first kappa shape index (κ1) is 22.7. The molecule has 1 aliphatic heterocycles. The largest absolute Gasteiger partial charge is 0.416 e. The highest BCUT2D eigenvalue weighted by molar-refractivity contribution is 5.86. The predicted octanol–water partition coefficient (Wildman–Crippen LogP) is 3.49. The van der Waals surface area contributed by atoms with Gasteiger partial charge in [0.2, 0.25) is 0 Å². The van der Waals surface area contributed by atoms with Gasteiger partial charge in [0, 0.05) is 38.8 Å². The molecule has 10 heteroatoms. The molecule has 0 aliphatic carbocycles. The van der Waals surface area contributed by atoms with E-state index in [1.165, 1.54) is 16.7 Å². The highest BCUT2D eigenvalue weighted by Crippen LogP contribution is 2.32. The van der Waals surface area contributed by atoms with Gasteiger partial charge in [0.1, 0.15) is 17.3 Å². The first-order valence-corrected chi connectivity index (χ1v) is 10.6. The molecule has 1 aromatic carbocycles. The zero-order valence-corrected chi connectivity index (χ0v) is 18.5. The zero-order chi connectivity index (χ0) is 23.9. The number of nitriles is 1. The van der Waals surface area contributed by atoms with Crippen molar-refractivity contribution in [2.75, 3.05) is 24.5 Å². The molecule has 1 fully saturated rings. The number of alkyl halides is 3. The van der Waals surface area contributed by atoms with Crippen LogP contribution in [-0.2, 0) is 13.2 Å². The van der Waals surface area contributed by atoms with E-state index in [4.69, 9.17) is 0 Å². The molecular weight excluding hydrogens is 433 g/mol. The fourth-order valence-corrected chi connectivity index (χ4v) is 4.37. The molecule has 0 amide bonds. The van der Waals surface area contributed by atoms with Crippen molar-refractivity contribution in [3.63, 3.8) is 0 Å². The number of benzene rings is 1. The third-order valence-electron chi connectivity index (χ3n) is 6.25. The van der Waals surface area contributed by atoms with Gasteiger partial charge in [-0.1, -0.05) is 12.1 Å². The lowest BCUT2D eigenvalue weighted by atomic mass is 10.0. The van der Waals surface area contributed by atoms with Crippen molar-refractivity contribution in [3.8, 4) is 6.07 Å². The Balaban J connectivity index is 1.59. The molecule has 2 unspecified atom stereocenters. The van der Waals surface area contributed by atoms with E-state index in [1.54, 1.807) is 19.2 Å². The molecule has 3 heterocycles. The maximum absolute atomic E-state index is 12.9. The summed E-state index contributed by atoms with van der Waals surface area (Å²) >= 11 is 0.